The summed E-state index contributed by atoms with van der Waals surface area (Å²) in [5, 5.41) is 9.79. The first-order valence-corrected chi connectivity index (χ1v) is 7.59. The number of aromatic nitrogens is 2. The number of aliphatic hydroxyl groups is 1. The van der Waals surface area contributed by atoms with Crippen molar-refractivity contribution in [2.24, 2.45) is 5.92 Å². The quantitative estimate of drug-likeness (QED) is 0.942. The number of hydrogen-bond donors (Lipinski definition) is 1. The fourth-order valence-electron chi connectivity index (χ4n) is 3.04. The SMILES string of the molecule is OCCC1CCCN(Cc2cn3cc(Cl)ccc3n2)C1. The van der Waals surface area contributed by atoms with Gasteiger partial charge in [0.2, 0.25) is 0 Å². The minimum Gasteiger partial charge on any atom is -0.396 e. The van der Waals surface area contributed by atoms with E-state index in [9.17, 15) is 0 Å². The number of halogens is 1. The molecule has 2 aromatic heterocycles. The Hall–Kier alpha value is -1.10. The van der Waals surface area contributed by atoms with Crippen LogP contribution in [0.15, 0.2) is 24.5 Å². The molecular weight excluding hydrogens is 274 g/mol. The van der Waals surface area contributed by atoms with Crippen LogP contribution in [-0.2, 0) is 6.54 Å². The van der Waals surface area contributed by atoms with E-state index in [0.717, 1.165) is 42.4 Å². The van der Waals surface area contributed by atoms with Gasteiger partial charge < -0.3 is 9.51 Å². The number of hydrogen-bond acceptors (Lipinski definition) is 3. The summed E-state index contributed by atoms with van der Waals surface area (Å²) in [6, 6.07) is 3.81. The summed E-state index contributed by atoms with van der Waals surface area (Å²) < 4.78 is 1.98. The Kier molecular flexibility index (Phi) is 4.24. The van der Waals surface area contributed by atoms with Crippen LogP contribution < -0.4 is 0 Å². The maximum atomic E-state index is 9.07. The lowest BCUT2D eigenvalue weighted by Crippen LogP contribution is -2.35. The molecule has 1 N–H and O–H groups in total. The Bertz CT molecular complexity index is 582. The molecule has 5 heteroatoms. The van der Waals surface area contributed by atoms with E-state index in [-0.39, 0.29) is 0 Å². The predicted molar refractivity (Wildman–Crippen MR) is 79.9 cm³/mol. The molecule has 1 aliphatic rings. The molecule has 0 radical (unpaired) electrons. The molecule has 1 saturated heterocycles. The molecule has 1 unspecified atom stereocenters. The van der Waals surface area contributed by atoms with Crippen molar-refractivity contribution in [1.29, 1.82) is 0 Å². The summed E-state index contributed by atoms with van der Waals surface area (Å²) in [7, 11) is 0. The summed E-state index contributed by atoms with van der Waals surface area (Å²) in [5.41, 5.74) is 2.02. The zero-order valence-corrected chi connectivity index (χ0v) is 12.3. The van der Waals surface area contributed by atoms with Gasteiger partial charge in [-0.05, 0) is 43.9 Å². The van der Waals surface area contributed by atoms with Crippen LogP contribution in [0.4, 0.5) is 0 Å². The van der Waals surface area contributed by atoms with Gasteiger partial charge in [0.1, 0.15) is 5.65 Å². The van der Waals surface area contributed by atoms with E-state index in [2.05, 4.69) is 16.1 Å². The van der Waals surface area contributed by atoms with E-state index >= 15 is 0 Å². The van der Waals surface area contributed by atoms with Crippen molar-refractivity contribution >= 4 is 17.2 Å². The largest absolute Gasteiger partial charge is 0.396 e. The second-order valence-corrected chi connectivity index (χ2v) is 6.04. The summed E-state index contributed by atoms with van der Waals surface area (Å²) in [6.07, 6.45) is 7.30. The summed E-state index contributed by atoms with van der Waals surface area (Å²) in [5.74, 6) is 0.625. The maximum absolute atomic E-state index is 9.07. The Morgan fingerprint density at radius 2 is 2.25 bits per heavy atom. The second kappa shape index (κ2) is 6.12. The zero-order chi connectivity index (χ0) is 13.9. The molecule has 1 aliphatic heterocycles. The third kappa shape index (κ3) is 3.14. The molecule has 3 rings (SSSR count). The predicted octanol–water partition coefficient (Wildman–Crippen LogP) is 2.58. The number of pyridine rings is 1. The fourth-order valence-corrected chi connectivity index (χ4v) is 3.20. The molecular formula is C15H20ClN3O. The molecule has 0 aromatic carbocycles. The minimum absolute atomic E-state index is 0.297. The average Bonchev–Trinajstić information content (AvgIpc) is 2.81. The molecule has 3 heterocycles. The average molecular weight is 294 g/mol. The number of likely N-dealkylation sites (tertiary alicyclic amines) is 1. The number of nitrogens with zero attached hydrogens (tertiary/aromatic N) is 3. The molecule has 0 amide bonds. The molecule has 1 atom stereocenters. The Morgan fingerprint density at radius 1 is 1.35 bits per heavy atom. The second-order valence-electron chi connectivity index (χ2n) is 5.60. The first-order valence-electron chi connectivity index (χ1n) is 7.21. The highest BCUT2D eigenvalue weighted by Gasteiger charge is 2.20. The fraction of sp³-hybridized carbons (Fsp3) is 0.533. The van der Waals surface area contributed by atoms with E-state index in [0.29, 0.717) is 12.5 Å². The lowest BCUT2D eigenvalue weighted by molar-refractivity contribution is 0.141. The zero-order valence-electron chi connectivity index (χ0n) is 11.5. The van der Waals surface area contributed by atoms with Gasteiger partial charge in [-0.2, -0.15) is 0 Å². The van der Waals surface area contributed by atoms with Crippen LogP contribution in [0.25, 0.3) is 5.65 Å². The molecule has 0 bridgehead atoms. The van der Waals surface area contributed by atoms with Crippen LogP contribution in [-0.4, -0.2) is 39.1 Å². The molecule has 108 valence electrons. The van der Waals surface area contributed by atoms with Crippen LogP contribution >= 0.6 is 11.6 Å². The van der Waals surface area contributed by atoms with Crippen LogP contribution in [0.1, 0.15) is 25.0 Å². The van der Waals surface area contributed by atoms with Crippen molar-refractivity contribution < 1.29 is 5.11 Å². The van der Waals surface area contributed by atoms with Crippen molar-refractivity contribution in [2.45, 2.75) is 25.8 Å². The molecule has 1 fully saturated rings. The number of rotatable bonds is 4. The molecule has 0 aliphatic carbocycles. The van der Waals surface area contributed by atoms with Crippen LogP contribution in [0.2, 0.25) is 5.02 Å². The van der Waals surface area contributed by atoms with Crippen molar-refractivity contribution in [1.82, 2.24) is 14.3 Å². The van der Waals surface area contributed by atoms with Crippen molar-refractivity contribution in [3.05, 3.63) is 35.2 Å². The highest BCUT2D eigenvalue weighted by Crippen LogP contribution is 2.21. The molecule has 2 aromatic rings. The minimum atomic E-state index is 0.297. The first-order chi connectivity index (χ1) is 9.74. The summed E-state index contributed by atoms with van der Waals surface area (Å²) in [6.45, 7) is 3.36. The summed E-state index contributed by atoms with van der Waals surface area (Å²) in [4.78, 5) is 7.07. The van der Waals surface area contributed by atoms with Crippen LogP contribution in [0, 0.1) is 5.92 Å². The van der Waals surface area contributed by atoms with Gasteiger partial charge >= 0.3 is 0 Å². The van der Waals surface area contributed by atoms with Gasteiger partial charge in [0.05, 0.1) is 10.7 Å². The third-order valence-electron chi connectivity index (χ3n) is 3.99. The first kappa shape index (κ1) is 13.9. The topological polar surface area (TPSA) is 40.8 Å². The third-order valence-corrected chi connectivity index (χ3v) is 4.21. The Morgan fingerprint density at radius 3 is 3.10 bits per heavy atom. The van der Waals surface area contributed by atoms with Gasteiger partial charge in [0.25, 0.3) is 0 Å². The van der Waals surface area contributed by atoms with Gasteiger partial charge in [0, 0.05) is 32.1 Å². The number of aliphatic hydroxyl groups excluding tert-OH is 1. The molecule has 20 heavy (non-hydrogen) atoms. The lowest BCUT2D eigenvalue weighted by atomic mass is 9.95. The molecule has 0 saturated carbocycles. The maximum Gasteiger partial charge on any atom is 0.137 e. The number of imidazole rings is 1. The van der Waals surface area contributed by atoms with E-state index in [4.69, 9.17) is 16.7 Å². The van der Waals surface area contributed by atoms with Crippen molar-refractivity contribution in [3.8, 4) is 0 Å². The smallest absolute Gasteiger partial charge is 0.137 e. The van der Waals surface area contributed by atoms with E-state index in [1.54, 1.807) is 0 Å². The van der Waals surface area contributed by atoms with Gasteiger partial charge in [0.15, 0.2) is 0 Å². The standard InChI is InChI=1S/C15H20ClN3O/c16-13-3-4-15-17-14(11-19(15)9-13)10-18-6-1-2-12(8-18)5-7-20/h3-4,9,11-12,20H,1-2,5-8,10H2. The molecule has 4 nitrogen and oxygen atoms in total. The van der Waals surface area contributed by atoms with E-state index < -0.39 is 0 Å². The normalized spacial score (nSPS) is 20.6. The molecule has 0 spiro atoms. The monoisotopic (exact) mass is 293 g/mol. The van der Waals surface area contributed by atoms with Crippen molar-refractivity contribution in [3.63, 3.8) is 0 Å². The van der Waals surface area contributed by atoms with E-state index in [1.807, 2.05) is 22.7 Å². The van der Waals surface area contributed by atoms with Gasteiger partial charge in [-0.3, -0.25) is 4.90 Å². The highest BCUT2D eigenvalue weighted by molar-refractivity contribution is 6.30. The van der Waals surface area contributed by atoms with Gasteiger partial charge in [-0.1, -0.05) is 11.6 Å². The van der Waals surface area contributed by atoms with Crippen LogP contribution in [0.5, 0.6) is 0 Å². The lowest BCUT2D eigenvalue weighted by Gasteiger charge is -2.31. The Balaban J connectivity index is 1.69. The van der Waals surface area contributed by atoms with E-state index in [1.165, 1.54) is 12.8 Å². The summed E-state index contributed by atoms with van der Waals surface area (Å²) >= 11 is 5.99. The Labute approximate surface area is 124 Å². The van der Waals surface area contributed by atoms with Gasteiger partial charge in [-0.15, -0.1) is 0 Å². The van der Waals surface area contributed by atoms with Crippen molar-refractivity contribution in [2.75, 3.05) is 19.7 Å². The van der Waals surface area contributed by atoms with Gasteiger partial charge in [-0.25, -0.2) is 4.98 Å². The number of piperidine rings is 1. The highest BCUT2D eigenvalue weighted by atomic mass is 35.5. The van der Waals surface area contributed by atoms with Crippen LogP contribution in [0.3, 0.4) is 0 Å². The number of fused-ring (bicyclic) bond motifs is 1.